The minimum Gasteiger partial charge on any atom is -0.289 e. The Balaban J connectivity index is 3.29. The van der Waals surface area contributed by atoms with Gasteiger partial charge in [-0.1, -0.05) is 45.2 Å². The van der Waals surface area contributed by atoms with Crippen LogP contribution in [0.2, 0.25) is 0 Å². The molecule has 0 bridgehead atoms. The molecule has 6 heteroatoms. The molecule has 0 spiro atoms. The summed E-state index contributed by atoms with van der Waals surface area (Å²) >= 11 is 0. The summed E-state index contributed by atoms with van der Waals surface area (Å²) in [6.45, 7) is 15.4. The molecule has 0 aliphatic carbocycles. The van der Waals surface area contributed by atoms with Crippen molar-refractivity contribution < 1.29 is 14.2 Å². The Labute approximate surface area is 153 Å². The van der Waals surface area contributed by atoms with Gasteiger partial charge in [0.1, 0.15) is 16.5 Å². The first-order chi connectivity index (χ1) is 11.7. The molecule has 0 saturated heterocycles. The van der Waals surface area contributed by atoms with Gasteiger partial charge in [0.15, 0.2) is 0 Å². The average Bonchev–Trinajstić information content (AvgIpc) is 2.59. The number of nitrogens with one attached hydrogen (secondary N) is 1. The van der Waals surface area contributed by atoms with E-state index < -0.39 is 22.4 Å². The van der Waals surface area contributed by atoms with Crippen molar-refractivity contribution in [2.24, 2.45) is 5.92 Å². The van der Waals surface area contributed by atoms with Crippen LogP contribution in [0.5, 0.6) is 0 Å². The van der Waals surface area contributed by atoms with Crippen LogP contribution < -0.4 is 5.48 Å². The van der Waals surface area contributed by atoms with Crippen molar-refractivity contribution in [3.63, 3.8) is 0 Å². The topological polar surface area (TPSA) is 69.6 Å². The first-order valence-electron chi connectivity index (χ1n) is 8.22. The molecule has 1 rings (SSSR count). The lowest BCUT2D eigenvalue weighted by atomic mass is 10.0. The van der Waals surface area contributed by atoms with Gasteiger partial charge in [0.25, 0.3) is 5.91 Å². The Kier molecular flexibility index (Phi) is 7.73. The van der Waals surface area contributed by atoms with Gasteiger partial charge >= 0.3 is 0 Å². The number of amides is 1. The molecule has 5 nitrogen and oxygen atoms in total. The van der Waals surface area contributed by atoms with Crippen LogP contribution in [-0.2, 0) is 15.8 Å². The van der Waals surface area contributed by atoms with Gasteiger partial charge in [-0.25, -0.2) is 14.0 Å². The van der Waals surface area contributed by atoms with Crippen molar-refractivity contribution in [1.29, 1.82) is 0 Å². The van der Waals surface area contributed by atoms with E-state index in [9.17, 15) is 9.00 Å². The highest BCUT2D eigenvalue weighted by Crippen LogP contribution is 2.25. The second-order valence-corrected chi connectivity index (χ2v) is 8.14. The minimum absolute atomic E-state index is 0.388. The third-order valence-electron chi connectivity index (χ3n) is 4.09. The smallest absolute Gasteiger partial charge is 0.264 e. The van der Waals surface area contributed by atoms with Crippen molar-refractivity contribution in [2.45, 2.75) is 44.6 Å². The summed E-state index contributed by atoms with van der Waals surface area (Å²) in [5.74, 6) is -0.212. The third kappa shape index (κ3) is 5.11. The number of carbonyl (C=O) groups is 1. The summed E-state index contributed by atoms with van der Waals surface area (Å²) in [4.78, 5) is 12.7. The zero-order valence-electron chi connectivity index (χ0n) is 15.4. The molecule has 0 fully saturated rings. The van der Waals surface area contributed by atoms with E-state index in [1.54, 1.807) is 47.9 Å². The van der Waals surface area contributed by atoms with Crippen LogP contribution in [0.15, 0.2) is 36.3 Å². The Morgan fingerprint density at radius 2 is 1.92 bits per heavy atom. The monoisotopic (exact) mass is 364 g/mol. The van der Waals surface area contributed by atoms with Gasteiger partial charge in [0.2, 0.25) is 0 Å². The van der Waals surface area contributed by atoms with Gasteiger partial charge in [-0.2, -0.15) is 0 Å². The van der Waals surface area contributed by atoms with Gasteiger partial charge < -0.3 is 0 Å². The van der Waals surface area contributed by atoms with Gasteiger partial charge in [-0.3, -0.25) is 10.0 Å². The number of nitrogens with zero attached hydrogens (tertiary/aromatic N) is 1. The number of hydroxylamine groups is 1. The lowest BCUT2D eigenvalue weighted by Crippen LogP contribution is -2.55. The fraction of sp³-hybridized carbons (Fsp3) is 0.421. The second-order valence-electron chi connectivity index (χ2n) is 6.73. The van der Waals surface area contributed by atoms with E-state index >= 15 is 0 Å². The number of benzene rings is 1. The Hall–Kier alpha value is -1.76. The highest BCUT2D eigenvalue weighted by molar-refractivity contribution is 7.82. The second kappa shape index (κ2) is 9.08. The molecule has 0 aliphatic heterocycles. The minimum atomic E-state index is -1.57. The maximum atomic E-state index is 13.2. The summed E-state index contributed by atoms with van der Waals surface area (Å²) < 4.78 is 14.8. The quantitative estimate of drug-likeness (QED) is 0.519. The van der Waals surface area contributed by atoms with E-state index in [0.29, 0.717) is 17.4 Å². The van der Waals surface area contributed by atoms with Gasteiger partial charge in [0, 0.05) is 6.54 Å². The lowest BCUT2D eigenvalue weighted by molar-refractivity contribution is -0.137. The molecule has 1 unspecified atom stereocenters. The Bertz CT molecular complexity index is 669. The summed E-state index contributed by atoms with van der Waals surface area (Å²) in [6.07, 6.45) is 4.16. The van der Waals surface area contributed by atoms with Crippen molar-refractivity contribution in [2.75, 3.05) is 6.54 Å². The highest BCUT2D eigenvalue weighted by atomic mass is 32.2. The Morgan fingerprint density at radius 1 is 1.32 bits per heavy atom. The van der Waals surface area contributed by atoms with Crippen molar-refractivity contribution in [1.82, 2.24) is 9.79 Å². The summed E-state index contributed by atoms with van der Waals surface area (Å²) in [5.41, 5.74) is 2.26. The molecule has 0 radical (unpaired) electrons. The first-order valence-corrected chi connectivity index (χ1v) is 9.32. The zero-order valence-corrected chi connectivity index (χ0v) is 16.2. The summed E-state index contributed by atoms with van der Waals surface area (Å²) in [7, 11) is -1.57. The molecule has 1 atom stereocenters. The van der Waals surface area contributed by atoms with Crippen LogP contribution >= 0.6 is 0 Å². The van der Waals surface area contributed by atoms with E-state index in [2.05, 4.69) is 27.0 Å². The molecule has 1 amide bonds. The van der Waals surface area contributed by atoms with Crippen LogP contribution in [0, 0.1) is 5.92 Å². The van der Waals surface area contributed by atoms with Crippen LogP contribution in [0.4, 0.5) is 0 Å². The third-order valence-corrected chi connectivity index (χ3v) is 5.79. The van der Waals surface area contributed by atoms with Crippen LogP contribution in [-0.4, -0.2) is 31.7 Å². The molecular weight excluding hydrogens is 336 g/mol. The average molecular weight is 365 g/mol. The molecular formula is C19H28N2O3S. The Morgan fingerprint density at radius 3 is 2.40 bits per heavy atom. The summed E-state index contributed by atoms with van der Waals surface area (Å²) in [5, 5.41) is 9.05. The van der Waals surface area contributed by atoms with Gasteiger partial charge in [-0.05, 0) is 49.4 Å². The predicted octanol–water partition coefficient (Wildman–Crippen LogP) is 3.63. The first kappa shape index (κ1) is 21.3. The predicted molar refractivity (Wildman–Crippen MR) is 103 cm³/mol. The SMILES string of the molecule is C=Cc1ccc(S(=O)N(CCC(C)C)C(C)(C)C(=O)NO)cc1C=C. The van der Waals surface area contributed by atoms with E-state index in [-0.39, 0.29) is 0 Å². The number of carbonyl (C=O) groups excluding carboxylic acids is 1. The molecule has 25 heavy (non-hydrogen) atoms. The number of rotatable bonds is 9. The molecule has 1 aromatic rings. The van der Waals surface area contributed by atoms with Crippen molar-refractivity contribution >= 4 is 29.0 Å². The van der Waals surface area contributed by atoms with Gasteiger partial charge in [0.05, 0.1) is 4.90 Å². The summed E-state index contributed by atoms with van der Waals surface area (Å²) in [6, 6.07) is 5.38. The molecule has 0 aromatic heterocycles. The lowest BCUT2D eigenvalue weighted by Gasteiger charge is -2.35. The van der Waals surface area contributed by atoms with Crippen LogP contribution in [0.1, 0.15) is 45.2 Å². The van der Waals surface area contributed by atoms with E-state index in [4.69, 9.17) is 5.21 Å². The maximum absolute atomic E-state index is 13.2. The molecule has 138 valence electrons. The maximum Gasteiger partial charge on any atom is 0.264 e. The number of hydrogen-bond donors (Lipinski definition) is 2. The fourth-order valence-corrected chi connectivity index (χ4v) is 3.78. The van der Waals surface area contributed by atoms with Crippen molar-refractivity contribution in [3.05, 3.63) is 42.5 Å². The van der Waals surface area contributed by atoms with E-state index in [0.717, 1.165) is 17.5 Å². The van der Waals surface area contributed by atoms with E-state index in [1.165, 1.54) is 0 Å². The largest absolute Gasteiger partial charge is 0.289 e. The molecule has 1 aromatic carbocycles. The number of hydrogen-bond acceptors (Lipinski definition) is 3. The molecule has 0 heterocycles. The molecule has 0 aliphatic rings. The van der Waals surface area contributed by atoms with Gasteiger partial charge in [-0.15, -0.1) is 0 Å². The normalized spacial score (nSPS) is 12.9. The zero-order chi connectivity index (χ0) is 19.2. The van der Waals surface area contributed by atoms with Crippen molar-refractivity contribution in [3.8, 4) is 0 Å². The molecule has 0 saturated carbocycles. The fourth-order valence-electron chi connectivity index (χ4n) is 2.35. The standard InChI is InChI=1S/C19H28N2O3S/c1-7-15-9-10-17(13-16(15)8-2)25(24)21(12-11-14(3)4)19(5,6)18(22)20-23/h7-10,13-14,23H,1-2,11-12H2,3-6H3,(H,20,22). The molecule has 2 N–H and O–H groups in total. The van der Waals surface area contributed by atoms with Crippen LogP contribution in [0.25, 0.3) is 12.2 Å². The van der Waals surface area contributed by atoms with E-state index in [1.807, 2.05) is 6.07 Å². The highest BCUT2D eigenvalue weighted by Gasteiger charge is 2.38. The van der Waals surface area contributed by atoms with Crippen LogP contribution in [0.3, 0.4) is 0 Å².